The van der Waals surface area contributed by atoms with Crippen LogP contribution in [0.3, 0.4) is 0 Å². The van der Waals surface area contributed by atoms with E-state index in [1.807, 2.05) is 0 Å². The topological polar surface area (TPSA) is 223 Å². The summed E-state index contributed by atoms with van der Waals surface area (Å²) < 4.78 is 9.49. The van der Waals surface area contributed by atoms with Crippen LogP contribution in [0.4, 0.5) is 0 Å². The van der Waals surface area contributed by atoms with Crippen LogP contribution in [0.2, 0.25) is 0 Å². The third kappa shape index (κ3) is 78.6. The van der Waals surface area contributed by atoms with Gasteiger partial charge < -0.3 is 32.2 Å². The van der Waals surface area contributed by atoms with Gasteiger partial charge in [0.05, 0.1) is 13.2 Å². The van der Waals surface area contributed by atoms with Crippen LogP contribution in [0.15, 0.2) is 0 Å². The van der Waals surface area contributed by atoms with Gasteiger partial charge >= 0.3 is 5.97 Å². The average molecular weight is 444 g/mol. The number of aldehydes is 4. The van der Waals surface area contributed by atoms with E-state index < -0.39 is 5.97 Å². The molecule has 0 aliphatic heterocycles. The second kappa shape index (κ2) is 49.5. The van der Waals surface area contributed by atoms with E-state index in [2.05, 4.69) is 10.1 Å². The summed E-state index contributed by atoms with van der Waals surface area (Å²) in [6, 6.07) is 0. The lowest BCUT2D eigenvalue weighted by molar-refractivity contribution is -0.143. The van der Waals surface area contributed by atoms with Gasteiger partial charge in [-0.1, -0.05) is 0 Å². The minimum atomic E-state index is -1.02. The van der Waals surface area contributed by atoms with E-state index in [9.17, 15) is 9.59 Å². The number of carboxylic acid groups (broad SMARTS) is 1. The van der Waals surface area contributed by atoms with E-state index in [1.54, 1.807) is 0 Å². The second-order valence-corrected chi connectivity index (χ2v) is 2.72. The Morgan fingerprint density at radius 2 is 1.12 bits per heavy atom. The molecule has 0 radical (unpaired) electrons. The number of aliphatic carboxylic acids is 1. The lowest BCUT2D eigenvalue weighted by Gasteiger charge is -2.02. The first-order valence-electron chi connectivity index (χ1n) is 5.35. The van der Waals surface area contributed by atoms with Crippen LogP contribution in [-0.2, 0) is 38.2 Å². The van der Waals surface area contributed by atoms with Crippen molar-refractivity contribution in [1.82, 2.24) is 17.6 Å². The van der Waals surface area contributed by atoms with Gasteiger partial charge in [-0.25, -0.2) is 4.79 Å². The van der Waals surface area contributed by atoms with Crippen LogP contribution in [-0.4, -0.2) is 75.6 Å². The van der Waals surface area contributed by atoms with E-state index in [1.165, 1.54) is 7.05 Å². The zero-order valence-corrected chi connectivity index (χ0v) is 17.3. The fraction of sp³-hybridized carbons (Fsp3) is 0.455. The highest BCUT2D eigenvalue weighted by Gasteiger charge is 1.98. The molecule has 0 rings (SSSR count). The molecule has 8 N–H and O–H groups in total. The number of rotatable bonds is 9. The molecule has 0 atom stereocenters. The maximum Gasteiger partial charge on any atom is 0.329 e. The van der Waals surface area contributed by atoms with Crippen molar-refractivity contribution in [2.45, 2.75) is 0 Å². The summed E-state index contributed by atoms with van der Waals surface area (Å²) in [5, 5.41) is 10.5. The summed E-state index contributed by atoms with van der Waals surface area (Å²) in [5.41, 5.74) is 0. The van der Waals surface area contributed by atoms with E-state index in [4.69, 9.17) is 29.0 Å². The monoisotopic (exact) mass is 443 g/mol. The maximum atomic E-state index is 10.6. The molecule has 0 fully saturated rings. The highest BCUT2D eigenvalue weighted by atomic mass is 32.1. The summed E-state index contributed by atoms with van der Waals surface area (Å²) in [7, 11) is 1.51. The number of carbonyl (C=O) groups is 6. The fourth-order valence-corrected chi connectivity index (χ4v) is 0.514. The van der Waals surface area contributed by atoms with Gasteiger partial charge in [0.2, 0.25) is 5.91 Å². The molecule has 0 heterocycles. The number of hydrogen-bond donors (Lipinski definition) is 4. The van der Waals surface area contributed by atoms with E-state index in [-0.39, 0.29) is 110 Å². The molecule has 0 aliphatic carbocycles. The van der Waals surface area contributed by atoms with Crippen LogP contribution < -0.4 is 17.6 Å². The summed E-state index contributed by atoms with van der Waals surface area (Å²) in [6.45, 7) is 0.000258. The Kier molecular flexibility index (Phi) is 94.7. The van der Waals surface area contributed by atoms with Crippen molar-refractivity contribution in [3.63, 3.8) is 0 Å². The summed E-state index contributed by atoms with van der Waals surface area (Å²) in [6.07, 6.45) is 0.778. The van der Waals surface area contributed by atoms with Crippen molar-refractivity contribution >= 4 is 77.5 Å². The van der Waals surface area contributed by atoms with Crippen molar-refractivity contribution in [1.29, 1.82) is 0 Å². The number of likely N-dealkylation sites (N-methyl/N-ethyl adjacent to an activating group) is 1. The first-order chi connectivity index (χ1) is 9.99. The van der Waals surface area contributed by atoms with Gasteiger partial charge in [0.1, 0.15) is 13.2 Å². The van der Waals surface area contributed by atoms with Gasteiger partial charge in [-0.3, -0.25) is 24.0 Å². The molecule has 15 heteroatoms. The Balaban J connectivity index is -0.0000000359. The summed E-state index contributed by atoms with van der Waals surface area (Å²) in [4.78, 5) is 55.8. The Morgan fingerprint density at radius 1 is 0.808 bits per heavy atom. The van der Waals surface area contributed by atoms with E-state index >= 15 is 0 Å². The summed E-state index contributed by atoms with van der Waals surface area (Å²) >= 11 is 0. The zero-order valence-electron chi connectivity index (χ0n) is 14.3. The number of nitrogens with one attached hydrogen (secondary N) is 1. The predicted molar refractivity (Wildman–Crippen MR) is 109 cm³/mol. The molecule has 160 valence electrons. The molecule has 0 saturated carbocycles. The highest BCUT2D eigenvalue weighted by Crippen LogP contribution is 1.78. The van der Waals surface area contributed by atoms with Crippen LogP contribution >= 0.6 is 40.5 Å². The predicted octanol–water partition coefficient (Wildman–Crippen LogP) is -1.72. The van der Waals surface area contributed by atoms with Gasteiger partial charge in [-0.15, -0.1) is 0 Å². The Labute approximate surface area is 172 Å². The third-order valence-electron chi connectivity index (χ3n) is 1.22. The molecule has 0 unspecified atom stereocenters. The molecule has 0 spiro atoms. The van der Waals surface area contributed by atoms with Crippen molar-refractivity contribution in [3.8, 4) is 0 Å². The quantitative estimate of drug-likeness (QED) is 0.178. The smallest absolute Gasteiger partial charge is 0.329 e. The van der Waals surface area contributed by atoms with Crippen LogP contribution in [0.1, 0.15) is 0 Å². The lowest BCUT2D eigenvalue weighted by Crippen LogP contribution is -2.24. The van der Waals surface area contributed by atoms with Crippen molar-refractivity contribution in [2.24, 2.45) is 0 Å². The molecular weight excluding hydrogens is 414 g/mol. The van der Waals surface area contributed by atoms with Gasteiger partial charge in [0, 0.05) is 7.05 Å². The molecule has 12 nitrogen and oxygen atoms in total. The third-order valence-corrected chi connectivity index (χ3v) is 1.22. The van der Waals surface area contributed by atoms with E-state index in [0.29, 0.717) is 0 Å². The standard InChI is InChI=1S/C7H13NO5.2C2H2O2.2H3N.3H2S/c1-8-6(9)4-12-2-3-13-5-7(10)11;2*3-1-2-4;;;;;/h2-5H2,1H3,(H,8,9)(H,10,11);2*1-2H;2*1H3;3*1H2. The molecule has 0 bridgehead atoms. The summed E-state index contributed by atoms with van der Waals surface area (Å²) in [5.74, 6) is -1.25. The highest BCUT2D eigenvalue weighted by molar-refractivity contribution is 7.59. The largest absolute Gasteiger partial charge is 0.480 e. The second-order valence-electron chi connectivity index (χ2n) is 2.72. The Bertz CT molecular complexity index is 313. The van der Waals surface area contributed by atoms with Crippen molar-refractivity contribution in [3.05, 3.63) is 0 Å². The Morgan fingerprint density at radius 3 is 1.35 bits per heavy atom. The van der Waals surface area contributed by atoms with Gasteiger partial charge in [0.25, 0.3) is 0 Å². The molecular formula is C11H29N3O9S3. The van der Waals surface area contributed by atoms with Crippen molar-refractivity contribution < 1.29 is 43.3 Å². The molecule has 0 aromatic rings. The minimum Gasteiger partial charge on any atom is -0.480 e. The van der Waals surface area contributed by atoms with Crippen LogP contribution in [0.5, 0.6) is 0 Å². The first kappa shape index (κ1) is 49.7. The number of carboxylic acids is 1. The number of amides is 1. The Hall–Kier alpha value is -1.49. The van der Waals surface area contributed by atoms with E-state index in [0.717, 1.165) is 0 Å². The van der Waals surface area contributed by atoms with Gasteiger partial charge in [-0.2, -0.15) is 40.5 Å². The normalized spacial score (nSPS) is 6.35. The molecule has 0 aromatic heterocycles. The van der Waals surface area contributed by atoms with Crippen LogP contribution in [0.25, 0.3) is 0 Å². The molecule has 1 amide bonds. The number of carbonyl (C=O) groups excluding carboxylic acids is 5. The first-order valence-corrected chi connectivity index (χ1v) is 5.35. The van der Waals surface area contributed by atoms with Gasteiger partial charge in [0.15, 0.2) is 25.1 Å². The molecule has 0 saturated heterocycles. The SMILES string of the molecule is CNC(=O)COCCOCC(=O)O.N.N.O=CC=O.O=CC=O.S.S.S. The molecule has 0 aromatic carbocycles. The fourth-order valence-electron chi connectivity index (χ4n) is 0.514. The molecule has 26 heavy (non-hydrogen) atoms. The zero-order chi connectivity index (χ0) is 16.9. The lowest BCUT2D eigenvalue weighted by atomic mass is 10.6. The molecule has 0 aliphatic rings. The van der Waals surface area contributed by atoms with Crippen molar-refractivity contribution in [2.75, 3.05) is 33.5 Å². The number of ether oxygens (including phenoxy) is 2. The average Bonchev–Trinajstić information content (AvgIpc) is 2.50. The van der Waals surface area contributed by atoms with Crippen LogP contribution in [0, 0.1) is 0 Å². The van der Waals surface area contributed by atoms with Gasteiger partial charge in [-0.05, 0) is 0 Å². The minimum absolute atomic E-state index is 0. The maximum absolute atomic E-state index is 10.6. The number of hydrogen-bond acceptors (Lipinski definition) is 10.